The first-order valence-electron chi connectivity index (χ1n) is 6.48. The van der Waals surface area contributed by atoms with Crippen LogP contribution in [0.25, 0.3) is 6.08 Å². The van der Waals surface area contributed by atoms with E-state index < -0.39 is 0 Å². The summed E-state index contributed by atoms with van der Waals surface area (Å²) in [5, 5.41) is 3.28. The summed E-state index contributed by atoms with van der Waals surface area (Å²) in [5.74, 6) is 0. The zero-order valence-electron chi connectivity index (χ0n) is 11.6. The van der Waals surface area contributed by atoms with E-state index in [1.807, 2.05) is 49.4 Å². The quantitative estimate of drug-likeness (QED) is 0.642. The Kier molecular flexibility index (Phi) is 4.15. The smallest absolute Gasteiger partial charge is 0.0389 e. The largest absolute Gasteiger partial charge is 0.399 e. The molecule has 4 heteroatoms. The highest BCUT2D eigenvalue weighted by atomic mass is 14.9. The Bertz CT molecular complexity index is 632. The van der Waals surface area contributed by atoms with Crippen molar-refractivity contribution in [3.8, 4) is 0 Å². The Hall–Kier alpha value is -2.62. The van der Waals surface area contributed by atoms with Crippen LogP contribution in [0.1, 0.15) is 11.1 Å². The molecule has 20 heavy (non-hydrogen) atoms. The van der Waals surface area contributed by atoms with E-state index in [4.69, 9.17) is 17.2 Å². The summed E-state index contributed by atoms with van der Waals surface area (Å²) >= 11 is 0. The van der Waals surface area contributed by atoms with Crippen molar-refractivity contribution in [1.29, 1.82) is 0 Å². The molecule has 0 amide bonds. The second kappa shape index (κ2) is 6.02. The lowest BCUT2D eigenvalue weighted by atomic mass is 10.1. The van der Waals surface area contributed by atoms with E-state index in [2.05, 4.69) is 5.32 Å². The third-order valence-corrected chi connectivity index (χ3v) is 3.11. The molecule has 2 aromatic rings. The molecule has 0 unspecified atom stereocenters. The highest BCUT2D eigenvalue weighted by Gasteiger charge is 1.96. The summed E-state index contributed by atoms with van der Waals surface area (Å²) in [5.41, 5.74) is 22.7. The van der Waals surface area contributed by atoms with E-state index in [1.54, 1.807) is 6.07 Å². The van der Waals surface area contributed by atoms with Crippen LogP contribution in [0.2, 0.25) is 0 Å². The van der Waals surface area contributed by atoms with Crippen molar-refractivity contribution in [2.24, 2.45) is 0 Å². The highest BCUT2D eigenvalue weighted by molar-refractivity contribution is 5.68. The molecule has 4 nitrogen and oxygen atoms in total. The first-order chi connectivity index (χ1) is 9.56. The van der Waals surface area contributed by atoms with Gasteiger partial charge in [0.05, 0.1) is 0 Å². The van der Waals surface area contributed by atoms with E-state index in [0.717, 1.165) is 28.2 Å². The molecule has 104 valence electrons. The second-order valence-electron chi connectivity index (χ2n) is 4.74. The Morgan fingerprint density at radius 1 is 1.00 bits per heavy atom. The van der Waals surface area contributed by atoms with Crippen LogP contribution in [0.5, 0.6) is 0 Å². The number of hydrogen-bond acceptors (Lipinski definition) is 4. The molecule has 7 N–H and O–H groups in total. The first-order valence-corrected chi connectivity index (χ1v) is 6.48. The maximum atomic E-state index is 5.88. The molecule has 0 aliphatic rings. The van der Waals surface area contributed by atoms with Gasteiger partial charge in [-0.2, -0.15) is 0 Å². The summed E-state index contributed by atoms with van der Waals surface area (Å²) in [6, 6.07) is 11.4. The fraction of sp³-hybridized carbons (Fsp3) is 0.125. The summed E-state index contributed by atoms with van der Waals surface area (Å²) in [6.07, 6.45) is 3.96. The fourth-order valence-corrected chi connectivity index (χ4v) is 1.85. The lowest BCUT2D eigenvalue weighted by Crippen LogP contribution is -2.00. The van der Waals surface area contributed by atoms with Crippen LogP contribution in [0.15, 0.2) is 42.5 Å². The van der Waals surface area contributed by atoms with Crippen LogP contribution >= 0.6 is 0 Å². The molecule has 2 rings (SSSR count). The molecule has 2 aromatic carbocycles. The Balaban J connectivity index is 1.96. The Labute approximate surface area is 119 Å². The Morgan fingerprint density at radius 2 is 1.80 bits per heavy atom. The number of benzene rings is 2. The molecular formula is C16H20N4. The maximum Gasteiger partial charge on any atom is 0.0389 e. The van der Waals surface area contributed by atoms with Gasteiger partial charge in [0.15, 0.2) is 0 Å². The predicted octanol–water partition coefficient (Wildman–Crippen LogP) is 2.87. The van der Waals surface area contributed by atoms with E-state index in [-0.39, 0.29) is 0 Å². The SMILES string of the molecule is Cc1ccc(NC/C=C/c2cc(N)ccc2N)cc1N. The van der Waals surface area contributed by atoms with E-state index in [9.17, 15) is 0 Å². The number of hydrogen-bond donors (Lipinski definition) is 4. The van der Waals surface area contributed by atoms with Crippen LogP contribution in [-0.2, 0) is 0 Å². The number of nitrogen functional groups attached to an aromatic ring is 3. The first kappa shape index (κ1) is 13.8. The summed E-state index contributed by atoms with van der Waals surface area (Å²) in [7, 11) is 0. The van der Waals surface area contributed by atoms with Crippen molar-refractivity contribution in [3.05, 3.63) is 53.6 Å². The Morgan fingerprint density at radius 3 is 2.55 bits per heavy atom. The van der Waals surface area contributed by atoms with Gasteiger partial charge in [-0.3, -0.25) is 0 Å². The van der Waals surface area contributed by atoms with E-state index in [0.29, 0.717) is 12.2 Å². The van der Waals surface area contributed by atoms with Crippen LogP contribution in [0.4, 0.5) is 22.7 Å². The minimum atomic E-state index is 0.691. The summed E-state index contributed by atoms with van der Waals surface area (Å²) < 4.78 is 0. The van der Waals surface area contributed by atoms with Gasteiger partial charge >= 0.3 is 0 Å². The lowest BCUT2D eigenvalue weighted by molar-refractivity contribution is 1.33. The predicted molar refractivity (Wildman–Crippen MR) is 88.4 cm³/mol. The van der Waals surface area contributed by atoms with Crippen molar-refractivity contribution in [2.45, 2.75) is 6.92 Å². The summed E-state index contributed by atoms with van der Waals surface area (Å²) in [6.45, 7) is 2.68. The van der Waals surface area contributed by atoms with Crippen LogP contribution < -0.4 is 22.5 Å². The average molecular weight is 268 g/mol. The van der Waals surface area contributed by atoms with Crippen LogP contribution in [-0.4, -0.2) is 6.54 Å². The minimum Gasteiger partial charge on any atom is -0.399 e. The number of nitrogens with two attached hydrogens (primary N) is 3. The molecule has 0 atom stereocenters. The number of anilines is 4. The fourth-order valence-electron chi connectivity index (χ4n) is 1.85. The lowest BCUT2D eigenvalue weighted by Gasteiger charge is -2.06. The molecule has 0 aliphatic heterocycles. The van der Waals surface area contributed by atoms with Crippen LogP contribution in [0, 0.1) is 6.92 Å². The molecule has 0 aromatic heterocycles. The van der Waals surface area contributed by atoms with Gasteiger partial charge in [0, 0.05) is 29.3 Å². The number of aryl methyl sites for hydroxylation is 1. The molecular weight excluding hydrogens is 248 g/mol. The highest BCUT2D eigenvalue weighted by Crippen LogP contribution is 2.18. The minimum absolute atomic E-state index is 0.691. The van der Waals surface area contributed by atoms with Crippen molar-refractivity contribution in [1.82, 2.24) is 0 Å². The maximum absolute atomic E-state index is 5.88. The van der Waals surface area contributed by atoms with Crippen molar-refractivity contribution in [3.63, 3.8) is 0 Å². The van der Waals surface area contributed by atoms with Gasteiger partial charge in [0.2, 0.25) is 0 Å². The van der Waals surface area contributed by atoms with Crippen molar-refractivity contribution >= 4 is 28.8 Å². The van der Waals surface area contributed by atoms with E-state index >= 15 is 0 Å². The number of rotatable bonds is 4. The van der Waals surface area contributed by atoms with Gasteiger partial charge in [0.1, 0.15) is 0 Å². The van der Waals surface area contributed by atoms with Crippen molar-refractivity contribution in [2.75, 3.05) is 29.1 Å². The standard InChI is InChI=1S/C16H20N4/c1-11-4-6-14(10-16(11)19)20-8-2-3-12-9-13(17)5-7-15(12)18/h2-7,9-10,20H,8,17-19H2,1H3/b3-2+. The zero-order valence-corrected chi connectivity index (χ0v) is 11.6. The summed E-state index contributed by atoms with van der Waals surface area (Å²) in [4.78, 5) is 0. The molecule has 0 bridgehead atoms. The second-order valence-corrected chi connectivity index (χ2v) is 4.74. The molecule has 0 saturated carbocycles. The van der Waals surface area contributed by atoms with Gasteiger partial charge in [-0.1, -0.05) is 18.2 Å². The van der Waals surface area contributed by atoms with Gasteiger partial charge in [-0.25, -0.2) is 0 Å². The van der Waals surface area contributed by atoms with Gasteiger partial charge in [0.25, 0.3) is 0 Å². The normalized spacial score (nSPS) is 10.8. The molecule has 0 saturated heterocycles. The van der Waals surface area contributed by atoms with Crippen LogP contribution in [0.3, 0.4) is 0 Å². The third kappa shape index (κ3) is 3.45. The topological polar surface area (TPSA) is 90.1 Å². The van der Waals surface area contributed by atoms with Gasteiger partial charge < -0.3 is 22.5 Å². The molecule has 0 spiro atoms. The van der Waals surface area contributed by atoms with Gasteiger partial charge in [-0.15, -0.1) is 0 Å². The molecule has 0 fully saturated rings. The average Bonchev–Trinajstić information content (AvgIpc) is 2.42. The molecule has 0 heterocycles. The van der Waals surface area contributed by atoms with Crippen molar-refractivity contribution < 1.29 is 0 Å². The monoisotopic (exact) mass is 268 g/mol. The molecule has 0 aliphatic carbocycles. The molecule has 0 radical (unpaired) electrons. The number of nitrogens with one attached hydrogen (secondary N) is 1. The third-order valence-electron chi connectivity index (χ3n) is 3.11. The zero-order chi connectivity index (χ0) is 14.5. The van der Waals surface area contributed by atoms with Gasteiger partial charge in [-0.05, 0) is 48.4 Å². The van der Waals surface area contributed by atoms with E-state index in [1.165, 1.54) is 0 Å².